The van der Waals surface area contributed by atoms with Gasteiger partial charge in [0.05, 0.1) is 12.3 Å². The summed E-state index contributed by atoms with van der Waals surface area (Å²) in [4.78, 5) is 19.5. The normalized spacial score (nSPS) is 15.2. The highest BCUT2D eigenvalue weighted by Gasteiger charge is 2.24. The van der Waals surface area contributed by atoms with Crippen molar-refractivity contribution in [2.75, 3.05) is 19.7 Å². The Morgan fingerprint density at radius 2 is 2.11 bits per heavy atom. The van der Waals surface area contributed by atoms with E-state index in [1.165, 1.54) is 6.07 Å². The van der Waals surface area contributed by atoms with E-state index in [0.29, 0.717) is 50.2 Å². The molecule has 10 heteroatoms. The lowest BCUT2D eigenvalue weighted by Gasteiger charge is -2.26. The number of nitrogens with zero attached hydrogens (tertiary/aromatic N) is 7. The Morgan fingerprint density at radius 1 is 1.22 bits per heavy atom. The molecular formula is C26H26FN7O2. The van der Waals surface area contributed by atoms with Crippen LogP contribution in [-0.4, -0.2) is 59.9 Å². The van der Waals surface area contributed by atoms with E-state index >= 15 is 0 Å². The second-order valence-corrected chi connectivity index (χ2v) is 9.24. The van der Waals surface area contributed by atoms with Crippen LogP contribution in [0.25, 0.3) is 11.2 Å². The zero-order chi connectivity index (χ0) is 24.8. The number of aromatic nitrogens is 6. The van der Waals surface area contributed by atoms with E-state index in [0.717, 1.165) is 46.0 Å². The Balaban J connectivity index is 1.22. The van der Waals surface area contributed by atoms with Crippen LogP contribution < -0.4 is 4.74 Å². The molecule has 1 amide bonds. The fraction of sp³-hybridized carbons (Fsp3) is 0.346. The second-order valence-electron chi connectivity index (χ2n) is 9.24. The number of hydrogen-bond donors (Lipinski definition) is 0. The lowest BCUT2D eigenvalue weighted by molar-refractivity contribution is 0.0762. The van der Waals surface area contributed by atoms with Crippen LogP contribution in [0.3, 0.4) is 0 Å². The second kappa shape index (κ2) is 8.85. The molecule has 0 N–H and O–H groups in total. The Labute approximate surface area is 207 Å². The molecular weight excluding hydrogens is 461 g/mol. The Hall–Kier alpha value is -4.08. The molecule has 0 aliphatic carbocycles. The fourth-order valence-electron chi connectivity index (χ4n) is 5.17. The topological polar surface area (TPSA) is 90.4 Å². The van der Waals surface area contributed by atoms with Gasteiger partial charge >= 0.3 is 0 Å². The van der Waals surface area contributed by atoms with E-state index in [4.69, 9.17) is 9.72 Å². The molecule has 36 heavy (non-hydrogen) atoms. The van der Waals surface area contributed by atoms with Crippen molar-refractivity contribution in [2.24, 2.45) is 7.05 Å². The third-order valence-corrected chi connectivity index (χ3v) is 7.01. The van der Waals surface area contributed by atoms with Gasteiger partial charge in [-0.15, -0.1) is 10.2 Å². The van der Waals surface area contributed by atoms with Gasteiger partial charge in [-0.05, 0) is 49.1 Å². The molecule has 0 atom stereocenters. The summed E-state index contributed by atoms with van der Waals surface area (Å²) in [5, 5.41) is 12.7. The monoisotopic (exact) mass is 487 g/mol. The molecule has 0 radical (unpaired) electrons. The van der Waals surface area contributed by atoms with Crippen molar-refractivity contribution < 1.29 is 13.9 Å². The predicted molar refractivity (Wildman–Crippen MR) is 130 cm³/mol. The van der Waals surface area contributed by atoms with E-state index in [2.05, 4.69) is 21.4 Å². The summed E-state index contributed by atoms with van der Waals surface area (Å²) in [5.74, 6) is 1.32. The molecule has 0 fully saturated rings. The molecule has 184 valence electrons. The first-order valence-corrected chi connectivity index (χ1v) is 12.1. The maximum atomic E-state index is 14.6. The van der Waals surface area contributed by atoms with Gasteiger partial charge < -0.3 is 9.64 Å². The lowest BCUT2D eigenvalue weighted by atomic mass is 9.99. The number of halogens is 1. The van der Waals surface area contributed by atoms with Crippen molar-refractivity contribution in [1.82, 2.24) is 34.3 Å². The van der Waals surface area contributed by atoms with Crippen LogP contribution in [-0.2, 0) is 26.3 Å². The predicted octanol–water partition coefficient (Wildman–Crippen LogP) is 2.95. The van der Waals surface area contributed by atoms with Crippen molar-refractivity contribution >= 4 is 17.1 Å². The summed E-state index contributed by atoms with van der Waals surface area (Å²) in [6.07, 6.45) is 8.01. The van der Waals surface area contributed by atoms with Gasteiger partial charge in [0.15, 0.2) is 5.65 Å². The maximum Gasteiger partial charge on any atom is 0.272 e. The van der Waals surface area contributed by atoms with Gasteiger partial charge in [-0.1, -0.05) is 6.08 Å². The Bertz CT molecular complexity index is 1520. The number of amides is 1. The van der Waals surface area contributed by atoms with Gasteiger partial charge in [0, 0.05) is 50.3 Å². The number of benzene rings is 1. The van der Waals surface area contributed by atoms with Crippen LogP contribution in [0, 0.1) is 12.7 Å². The number of rotatable bonds is 5. The van der Waals surface area contributed by atoms with Crippen molar-refractivity contribution in [2.45, 2.75) is 32.6 Å². The van der Waals surface area contributed by atoms with Crippen LogP contribution in [0.1, 0.15) is 45.1 Å². The lowest BCUT2D eigenvalue weighted by Crippen LogP contribution is -2.35. The summed E-state index contributed by atoms with van der Waals surface area (Å²) in [5.41, 5.74) is 5.76. The van der Waals surface area contributed by atoms with Gasteiger partial charge in [0.2, 0.25) is 0 Å². The summed E-state index contributed by atoms with van der Waals surface area (Å²) >= 11 is 0. The van der Waals surface area contributed by atoms with Crippen LogP contribution >= 0.6 is 0 Å². The standard InChI is InChI=1S/C26H26FN7O2/c1-16-13-22(32(2)31-16)26(35)33-10-7-17(8-11-33)20-14-28-24(34-15-29-30-25(20)34)6-3-18-19-9-12-36-23(19)5-4-21(18)27/h4-5,7,13-15H,3,6,8-12H2,1-2H3. The molecule has 3 aromatic heterocycles. The maximum absolute atomic E-state index is 14.6. The first-order valence-electron chi connectivity index (χ1n) is 12.1. The SMILES string of the molecule is Cc1cc(C(=O)N2CC=C(c3cnc(CCc4c(F)ccc5c4CCO5)n4cnnc34)CC2)n(C)n1. The van der Waals surface area contributed by atoms with Crippen molar-refractivity contribution in [3.63, 3.8) is 0 Å². The molecule has 4 aromatic rings. The van der Waals surface area contributed by atoms with Crippen LogP contribution in [0.5, 0.6) is 5.75 Å². The van der Waals surface area contributed by atoms with Gasteiger partial charge in [-0.2, -0.15) is 5.10 Å². The van der Waals surface area contributed by atoms with E-state index < -0.39 is 0 Å². The number of carbonyl (C=O) groups excluding carboxylic acids is 1. The van der Waals surface area contributed by atoms with Crippen LogP contribution in [0.4, 0.5) is 4.39 Å². The highest BCUT2D eigenvalue weighted by molar-refractivity contribution is 5.93. The van der Waals surface area contributed by atoms with Gasteiger partial charge in [-0.3, -0.25) is 13.9 Å². The summed E-state index contributed by atoms with van der Waals surface area (Å²) in [6, 6.07) is 4.99. The molecule has 9 nitrogen and oxygen atoms in total. The molecule has 0 saturated heterocycles. The number of ether oxygens (including phenoxy) is 1. The highest BCUT2D eigenvalue weighted by atomic mass is 19.1. The fourth-order valence-corrected chi connectivity index (χ4v) is 5.17. The molecule has 2 aliphatic rings. The Morgan fingerprint density at radius 3 is 2.89 bits per heavy atom. The summed E-state index contributed by atoms with van der Waals surface area (Å²) in [7, 11) is 1.79. The van der Waals surface area contributed by atoms with Gasteiger partial charge in [0.1, 0.15) is 29.4 Å². The summed E-state index contributed by atoms with van der Waals surface area (Å²) in [6.45, 7) is 3.56. The van der Waals surface area contributed by atoms with Crippen LogP contribution in [0.2, 0.25) is 0 Å². The molecule has 0 spiro atoms. The zero-order valence-corrected chi connectivity index (χ0v) is 20.2. The third-order valence-electron chi connectivity index (χ3n) is 7.01. The van der Waals surface area contributed by atoms with Gasteiger partial charge in [0.25, 0.3) is 5.91 Å². The molecule has 0 unspecified atom stereocenters. The van der Waals surface area contributed by atoms with Crippen molar-refractivity contribution in [1.29, 1.82) is 0 Å². The number of aryl methyl sites for hydroxylation is 3. The largest absolute Gasteiger partial charge is 0.493 e. The van der Waals surface area contributed by atoms with E-state index in [-0.39, 0.29) is 11.7 Å². The molecule has 0 bridgehead atoms. The number of fused-ring (bicyclic) bond motifs is 2. The number of carbonyl (C=O) groups is 1. The van der Waals surface area contributed by atoms with E-state index in [1.54, 1.807) is 24.1 Å². The zero-order valence-electron chi connectivity index (χ0n) is 20.2. The minimum Gasteiger partial charge on any atom is -0.493 e. The average Bonchev–Trinajstić information content (AvgIpc) is 3.63. The molecule has 6 rings (SSSR count). The smallest absolute Gasteiger partial charge is 0.272 e. The Kier molecular flexibility index (Phi) is 5.50. The minimum atomic E-state index is -0.205. The molecule has 2 aliphatic heterocycles. The summed E-state index contributed by atoms with van der Waals surface area (Å²) < 4.78 is 23.7. The minimum absolute atomic E-state index is 0.0282. The first kappa shape index (κ1) is 22.4. The quantitative estimate of drug-likeness (QED) is 0.430. The molecule has 1 aromatic carbocycles. The third kappa shape index (κ3) is 3.82. The van der Waals surface area contributed by atoms with Crippen molar-refractivity contribution in [3.8, 4) is 5.75 Å². The number of hydrogen-bond acceptors (Lipinski definition) is 6. The average molecular weight is 488 g/mol. The first-order chi connectivity index (χ1) is 17.5. The molecule has 5 heterocycles. The van der Waals surface area contributed by atoms with Crippen LogP contribution in [0.15, 0.2) is 36.8 Å². The van der Waals surface area contributed by atoms with E-state index in [9.17, 15) is 9.18 Å². The highest BCUT2D eigenvalue weighted by Crippen LogP contribution is 2.31. The molecule has 0 saturated carbocycles. The van der Waals surface area contributed by atoms with E-state index in [1.807, 2.05) is 28.5 Å². The van der Waals surface area contributed by atoms with Crippen molar-refractivity contribution in [3.05, 3.63) is 76.5 Å². The van der Waals surface area contributed by atoms with Gasteiger partial charge in [-0.25, -0.2) is 9.37 Å².